The first kappa shape index (κ1) is 15.1. The maximum Gasteiger partial charge on any atom is 0.226 e. The summed E-state index contributed by atoms with van der Waals surface area (Å²) in [6.45, 7) is 2.61. The van der Waals surface area contributed by atoms with Gasteiger partial charge in [0, 0.05) is 25.6 Å². The van der Waals surface area contributed by atoms with Crippen molar-refractivity contribution >= 4 is 18.3 Å². The largest absolute Gasteiger partial charge is 0.342 e. The Labute approximate surface area is 122 Å². The van der Waals surface area contributed by atoms with Gasteiger partial charge >= 0.3 is 0 Å². The van der Waals surface area contributed by atoms with Gasteiger partial charge in [-0.1, -0.05) is 0 Å². The van der Waals surface area contributed by atoms with Gasteiger partial charge in [0.25, 0.3) is 0 Å². The Morgan fingerprint density at radius 2 is 1.63 bits per heavy atom. The van der Waals surface area contributed by atoms with Crippen LogP contribution >= 0.6 is 12.4 Å². The van der Waals surface area contributed by atoms with Crippen LogP contribution in [0.25, 0.3) is 0 Å². The Morgan fingerprint density at radius 3 is 2.05 bits per heavy atom. The van der Waals surface area contributed by atoms with Gasteiger partial charge in [-0.2, -0.15) is 0 Å². The Hall–Kier alpha value is -0.280. The Kier molecular flexibility index (Phi) is 4.46. The lowest BCUT2D eigenvalue weighted by molar-refractivity contribution is -0.149. The maximum atomic E-state index is 12.7. The third kappa shape index (κ3) is 2.52. The standard InChI is InChI=1S/C15H26N2O.ClH/c1-9(8-16)17(2)15(18)14-12-4-10-3-11(6-12)7-13(14)5-10;/h9-14H,3-8,16H2,1-2H3;1H. The summed E-state index contributed by atoms with van der Waals surface area (Å²) in [5, 5.41) is 0. The van der Waals surface area contributed by atoms with Crippen LogP contribution in [0.1, 0.15) is 39.0 Å². The summed E-state index contributed by atoms with van der Waals surface area (Å²) >= 11 is 0. The van der Waals surface area contributed by atoms with E-state index in [1.165, 1.54) is 32.1 Å². The highest BCUT2D eigenvalue weighted by Crippen LogP contribution is 2.56. The monoisotopic (exact) mass is 286 g/mol. The van der Waals surface area contributed by atoms with Gasteiger partial charge in [0.2, 0.25) is 5.91 Å². The SMILES string of the molecule is CC(CN)N(C)C(=O)C1C2CC3CC(C2)CC1C3.Cl. The van der Waals surface area contributed by atoms with Crippen molar-refractivity contribution in [2.24, 2.45) is 35.3 Å². The molecule has 1 amide bonds. The van der Waals surface area contributed by atoms with Crippen molar-refractivity contribution in [3.05, 3.63) is 0 Å². The second kappa shape index (κ2) is 5.61. The topological polar surface area (TPSA) is 46.3 Å². The summed E-state index contributed by atoms with van der Waals surface area (Å²) in [7, 11) is 1.94. The number of nitrogens with two attached hydrogens (primary N) is 1. The Morgan fingerprint density at radius 1 is 1.16 bits per heavy atom. The highest BCUT2D eigenvalue weighted by molar-refractivity contribution is 5.85. The van der Waals surface area contributed by atoms with Crippen molar-refractivity contribution in [2.75, 3.05) is 13.6 Å². The number of halogens is 1. The summed E-state index contributed by atoms with van der Waals surface area (Å²) in [5.41, 5.74) is 5.69. The molecule has 0 heterocycles. The summed E-state index contributed by atoms with van der Waals surface area (Å²) in [4.78, 5) is 14.6. The fourth-order valence-corrected chi connectivity index (χ4v) is 4.94. The van der Waals surface area contributed by atoms with Crippen molar-refractivity contribution in [1.82, 2.24) is 4.90 Å². The van der Waals surface area contributed by atoms with Crippen LogP contribution in [0.2, 0.25) is 0 Å². The van der Waals surface area contributed by atoms with Crippen LogP contribution in [0.15, 0.2) is 0 Å². The van der Waals surface area contributed by atoms with Gasteiger partial charge in [-0.25, -0.2) is 0 Å². The average molecular weight is 287 g/mol. The molecule has 1 unspecified atom stereocenters. The molecule has 4 fully saturated rings. The average Bonchev–Trinajstić information content (AvgIpc) is 2.35. The van der Waals surface area contributed by atoms with E-state index in [1.54, 1.807) is 0 Å². The molecule has 0 spiro atoms. The molecule has 4 bridgehead atoms. The van der Waals surface area contributed by atoms with Crippen molar-refractivity contribution < 1.29 is 4.79 Å². The Balaban J connectivity index is 0.00000133. The predicted octanol–water partition coefficient (Wildman–Crippen LogP) is 2.29. The molecule has 4 aliphatic carbocycles. The van der Waals surface area contributed by atoms with E-state index in [0.717, 1.165) is 11.8 Å². The van der Waals surface area contributed by atoms with Crippen molar-refractivity contribution in [3.8, 4) is 0 Å². The van der Waals surface area contributed by atoms with E-state index in [4.69, 9.17) is 5.73 Å². The smallest absolute Gasteiger partial charge is 0.226 e. The third-order valence-corrected chi connectivity index (χ3v) is 5.86. The molecule has 0 saturated heterocycles. The molecule has 0 aromatic rings. The molecule has 0 radical (unpaired) electrons. The lowest BCUT2D eigenvalue weighted by Crippen LogP contribution is -2.53. The lowest BCUT2D eigenvalue weighted by Gasteiger charge is -2.54. The minimum Gasteiger partial charge on any atom is -0.342 e. The fraction of sp³-hybridized carbons (Fsp3) is 0.933. The number of nitrogens with zero attached hydrogens (tertiary/aromatic N) is 1. The molecule has 19 heavy (non-hydrogen) atoms. The number of rotatable bonds is 3. The maximum absolute atomic E-state index is 12.7. The number of carbonyl (C=O) groups excluding carboxylic acids is 1. The second-order valence-corrected chi connectivity index (χ2v) is 6.99. The molecular weight excluding hydrogens is 260 g/mol. The molecule has 0 aliphatic heterocycles. The quantitative estimate of drug-likeness (QED) is 0.865. The van der Waals surface area contributed by atoms with Gasteiger partial charge in [-0.05, 0) is 62.7 Å². The number of likely N-dealkylation sites (N-methyl/N-ethyl adjacent to an activating group) is 1. The molecule has 2 N–H and O–H groups in total. The van der Waals surface area contributed by atoms with E-state index in [2.05, 4.69) is 0 Å². The highest BCUT2D eigenvalue weighted by Gasteiger charge is 2.51. The van der Waals surface area contributed by atoms with Crippen LogP contribution in [0.4, 0.5) is 0 Å². The zero-order chi connectivity index (χ0) is 12.9. The zero-order valence-corrected chi connectivity index (χ0v) is 12.9. The van der Waals surface area contributed by atoms with Crippen molar-refractivity contribution in [2.45, 2.75) is 45.1 Å². The van der Waals surface area contributed by atoms with Gasteiger partial charge < -0.3 is 10.6 Å². The van der Waals surface area contributed by atoms with Crippen LogP contribution in [-0.4, -0.2) is 30.4 Å². The minimum atomic E-state index is 0. The van der Waals surface area contributed by atoms with Gasteiger partial charge in [0.1, 0.15) is 0 Å². The Bertz CT molecular complexity index is 319. The molecule has 110 valence electrons. The molecule has 1 atom stereocenters. The summed E-state index contributed by atoms with van der Waals surface area (Å²) in [6, 6.07) is 0.176. The first-order chi connectivity index (χ1) is 8.60. The van der Waals surface area contributed by atoms with Crippen LogP contribution in [-0.2, 0) is 4.79 Å². The van der Waals surface area contributed by atoms with Gasteiger partial charge in [0.15, 0.2) is 0 Å². The van der Waals surface area contributed by atoms with Crippen LogP contribution < -0.4 is 5.73 Å². The first-order valence-corrected chi connectivity index (χ1v) is 7.56. The normalized spacial score (nSPS) is 40.7. The van der Waals surface area contributed by atoms with Crippen LogP contribution in [0, 0.1) is 29.6 Å². The predicted molar refractivity (Wildman–Crippen MR) is 79.1 cm³/mol. The first-order valence-electron chi connectivity index (χ1n) is 7.56. The molecule has 4 heteroatoms. The molecular formula is C15H27ClN2O. The molecule has 0 aromatic heterocycles. The van der Waals surface area contributed by atoms with Gasteiger partial charge in [0.05, 0.1) is 0 Å². The zero-order valence-electron chi connectivity index (χ0n) is 12.0. The molecule has 4 saturated carbocycles. The van der Waals surface area contributed by atoms with Crippen LogP contribution in [0.3, 0.4) is 0 Å². The van der Waals surface area contributed by atoms with E-state index >= 15 is 0 Å². The number of carbonyl (C=O) groups is 1. The molecule has 4 rings (SSSR count). The molecule has 3 nitrogen and oxygen atoms in total. The highest BCUT2D eigenvalue weighted by atomic mass is 35.5. The summed E-state index contributed by atoms with van der Waals surface area (Å²) < 4.78 is 0. The second-order valence-electron chi connectivity index (χ2n) is 6.99. The van der Waals surface area contributed by atoms with Crippen molar-refractivity contribution in [3.63, 3.8) is 0 Å². The summed E-state index contributed by atoms with van der Waals surface area (Å²) in [5.74, 6) is 3.93. The van der Waals surface area contributed by atoms with E-state index in [-0.39, 0.29) is 18.4 Å². The molecule has 4 aliphatic rings. The summed E-state index contributed by atoms with van der Waals surface area (Å²) in [6.07, 6.45) is 6.70. The number of hydrogen-bond donors (Lipinski definition) is 1. The fourth-order valence-electron chi connectivity index (χ4n) is 4.94. The van der Waals surface area contributed by atoms with E-state index in [1.807, 2.05) is 18.9 Å². The van der Waals surface area contributed by atoms with Crippen LogP contribution in [0.5, 0.6) is 0 Å². The number of hydrogen-bond acceptors (Lipinski definition) is 2. The lowest BCUT2D eigenvalue weighted by atomic mass is 9.51. The van der Waals surface area contributed by atoms with Crippen molar-refractivity contribution in [1.29, 1.82) is 0 Å². The minimum absolute atomic E-state index is 0. The van der Waals surface area contributed by atoms with Gasteiger partial charge in [-0.15, -0.1) is 12.4 Å². The van der Waals surface area contributed by atoms with E-state index in [9.17, 15) is 4.79 Å². The van der Waals surface area contributed by atoms with E-state index in [0.29, 0.717) is 30.2 Å². The van der Waals surface area contributed by atoms with Gasteiger partial charge in [-0.3, -0.25) is 4.79 Å². The third-order valence-electron chi connectivity index (χ3n) is 5.86. The number of amides is 1. The van der Waals surface area contributed by atoms with E-state index < -0.39 is 0 Å². The molecule has 0 aromatic carbocycles.